The van der Waals surface area contributed by atoms with Crippen LogP contribution in [0.4, 0.5) is 0 Å². The summed E-state index contributed by atoms with van der Waals surface area (Å²) in [7, 11) is -1.63. The molecular formula is C14H16ClNO6S. The number of aromatic hydroxyl groups is 1. The molecule has 1 fully saturated rings. The average molecular weight is 362 g/mol. The van der Waals surface area contributed by atoms with Crippen molar-refractivity contribution < 1.29 is 27.9 Å². The van der Waals surface area contributed by atoms with Crippen molar-refractivity contribution in [1.82, 2.24) is 4.90 Å². The van der Waals surface area contributed by atoms with Crippen LogP contribution in [0.25, 0.3) is 0 Å². The minimum atomic E-state index is -3.11. The number of nitrogens with zero attached hydrogens (tertiary/aromatic N) is 1. The summed E-state index contributed by atoms with van der Waals surface area (Å²) in [5.41, 5.74) is -0.103. The number of ether oxygens (including phenoxy) is 1. The molecule has 1 amide bonds. The molecule has 0 radical (unpaired) electrons. The van der Waals surface area contributed by atoms with Crippen LogP contribution in [-0.2, 0) is 19.4 Å². The number of amides is 1. The number of hydrogen-bond acceptors (Lipinski definition) is 6. The molecule has 1 aliphatic heterocycles. The van der Waals surface area contributed by atoms with E-state index in [1.54, 1.807) is 0 Å². The molecule has 23 heavy (non-hydrogen) atoms. The van der Waals surface area contributed by atoms with E-state index in [1.165, 1.54) is 30.1 Å². The highest BCUT2D eigenvalue weighted by Crippen LogP contribution is 2.22. The Kier molecular flexibility index (Phi) is 5.16. The molecule has 2 rings (SSSR count). The van der Waals surface area contributed by atoms with Crippen LogP contribution in [0.15, 0.2) is 18.2 Å². The number of sulfone groups is 1. The largest absolute Gasteiger partial charge is 0.507 e. The fourth-order valence-corrected chi connectivity index (χ4v) is 4.21. The van der Waals surface area contributed by atoms with E-state index in [4.69, 9.17) is 16.3 Å². The Labute approximate surface area is 138 Å². The van der Waals surface area contributed by atoms with E-state index in [0.29, 0.717) is 6.42 Å². The number of esters is 1. The maximum atomic E-state index is 12.0. The quantitative estimate of drug-likeness (QED) is 0.798. The summed E-state index contributed by atoms with van der Waals surface area (Å²) in [6.45, 7) is -0.534. The van der Waals surface area contributed by atoms with Gasteiger partial charge in [-0.3, -0.25) is 4.79 Å². The first kappa shape index (κ1) is 17.6. The first-order chi connectivity index (χ1) is 10.7. The molecule has 1 N–H and O–H groups in total. The van der Waals surface area contributed by atoms with Gasteiger partial charge in [-0.15, -0.1) is 0 Å². The van der Waals surface area contributed by atoms with Crippen molar-refractivity contribution >= 4 is 33.3 Å². The molecule has 0 aromatic heterocycles. The van der Waals surface area contributed by atoms with E-state index in [1.807, 2.05) is 0 Å². The third-order valence-electron chi connectivity index (χ3n) is 3.66. The highest BCUT2D eigenvalue weighted by molar-refractivity contribution is 7.91. The van der Waals surface area contributed by atoms with E-state index in [0.717, 1.165) is 0 Å². The zero-order valence-electron chi connectivity index (χ0n) is 12.4. The minimum Gasteiger partial charge on any atom is -0.507 e. The van der Waals surface area contributed by atoms with Gasteiger partial charge >= 0.3 is 5.97 Å². The summed E-state index contributed by atoms with van der Waals surface area (Å²) >= 11 is 5.66. The number of benzene rings is 1. The van der Waals surface area contributed by atoms with Crippen molar-refractivity contribution in [2.75, 3.05) is 25.2 Å². The zero-order valence-corrected chi connectivity index (χ0v) is 13.9. The van der Waals surface area contributed by atoms with Gasteiger partial charge in [0.15, 0.2) is 16.4 Å². The van der Waals surface area contributed by atoms with Gasteiger partial charge < -0.3 is 14.7 Å². The maximum Gasteiger partial charge on any atom is 0.342 e. The van der Waals surface area contributed by atoms with Gasteiger partial charge in [0, 0.05) is 18.1 Å². The molecule has 0 aliphatic carbocycles. The van der Waals surface area contributed by atoms with E-state index >= 15 is 0 Å². The zero-order chi connectivity index (χ0) is 17.2. The lowest BCUT2D eigenvalue weighted by atomic mass is 10.2. The molecule has 1 aromatic carbocycles. The number of phenols is 1. The minimum absolute atomic E-state index is 0.0493. The first-order valence-corrected chi connectivity index (χ1v) is 9.01. The molecule has 1 aromatic rings. The van der Waals surface area contributed by atoms with Crippen LogP contribution in [-0.4, -0.2) is 61.5 Å². The van der Waals surface area contributed by atoms with Gasteiger partial charge in [0.25, 0.3) is 5.91 Å². The standard InChI is InChI=1S/C14H16ClNO6S/c1-16(10-4-5-23(20,21)8-10)13(18)7-22-14(19)11-3-2-9(15)6-12(11)17/h2-3,6,10,17H,4-5,7-8H2,1H3. The molecule has 0 spiro atoms. The van der Waals surface area contributed by atoms with Crippen molar-refractivity contribution in [2.45, 2.75) is 12.5 Å². The van der Waals surface area contributed by atoms with Crippen LogP contribution in [0.5, 0.6) is 5.75 Å². The van der Waals surface area contributed by atoms with E-state index in [9.17, 15) is 23.1 Å². The highest BCUT2D eigenvalue weighted by Gasteiger charge is 2.33. The van der Waals surface area contributed by atoms with Crippen molar-refractivity contribution in [3.63, 3.8) is 0 Å². The Bertz CT molecular complexity index is 733. The van der Waals surface area contributed by atoms with E-state index < -0.39 is 34.4 Å². The van der Waals surface area contributed by atoms with Gasteiger partial charge in [-0.05, 0) is 24.6 Å². The van der Waals surface area contributed by atoms with Gasteiger partial charge in [0.05, 0.1) is 11.5 Å². The average Bonchev–Trinajstić information content (AvgIpc) is 2.83. The normalized spacial score (nSPS) is 19.3. The lowest BCUT2D eigenvalue weighted by Gasteiger charge is -2.23. The number of carbonyl (C=O) groups excluding carboxylic acids is 2. The van der Waals surface area contributed by atoms with Gasteiger partial charge in [-0.25, -0.2) is 13.2 Å². The van der Waals surface area contributed by atoms with Gasteiger partial charge in [0.1, 0.15) is 11.3 Å². The predicted molar refractivity (Wildman–Crippen MR) is 83.2 cm³/mol. The first-order valence-electron chi connectivity index (χ1n) is 6.81. The maximum absolute atomic E-state index is 12.0. The molecule has 1 heterocycles. The van der Waals surface area contributed by atoms with Crippen LogP contribution in [0.1, 0.15) is 16.8 Å². The molecule has 1 saturated heterocycles. The summed E-state index contributed by atoms with van der Waals surface area (Å²) in [5.74, 6) is -1.74. The number of halogens is 1. The molecule has 1 aliphatic rings. The third-order valence-corrected chi connectivity index (χ3v) is 5.64. The van der Waals surface area contributed by atoms with Crippen LogP contribution in [0.3, 0.4) is 0 Å². The Balaban J connectivity index is 1.92. The van der Waals surface area contributed by atoms with E-state index in [2.05, 4.69) is 0 Å². The van der Waals surface area contributed by atoms with Crippen LogP contribution < -0.4 is 0 Å². The Hall–Kier alpha value is -1.80. The van der Waals surface area contributed by atoms with Crippen molar-refractivity contribution in [2.24, 2.45) is 0 Å². The second-order valence-corrected chi connectivity index (χ2v) is 7.96. The number of phenolic OH excluding ortho intramolecular Hbond substituents is 1. The Morgan fingerprint density at radius 1 is 1.43 bits per heavy atom. The van der Waals surface area contributed by atoms with Crippen molar-refractivity contribution in [3.8, 4) is 5.75 Å². The fraction of sp³-hybridized carbons (Fsp3) is 0.429. The fourth-order valence-electron chi connectivity index (χ4n) is 2.27. The third kappa shape index (κ3) is 4.35. The number of carbonyl (C=O) groups is 2. The SMILES string of the molecule is CN(C(=O)COC(=O)c1ccc(Cl)cc1O)C1CCS(=O)(=O)C1. The molecular weight excluding hydrogens is 346 g/mol. The summed E-state index contributed by atoms with van der Waals surface area (Å²) in [5, 5.41) is 9.88. The summed E-state index contributed by atoms with van der Waals surface area (Å²) in [4.78, 5) is 25.1. The lowest BCUT2D eigenvalue weighted by molar-refractivity contribution is -0.134. The Morgan fingerprint density at radius 2 is 2.13 bits per heavy atom. The van der Waals surface area contributed by atoms with Crippen LogP contribution in [0.2, 0.25) is 5.02 Å². The number of likely N-dealkylation sites (N-methyl/N-ethyl adjacent to an activating group) is 1. The number of hydrogen-bond donors (Lipinski definition) is 1. The second-order valence-electron chi connectivity index (χ2n) is 5.30. The summed E-state index contributed by atoms with van der Waals surface area (Å²) in [6, 6.07) is 3.48. The van der Waals surface area contributed by atoms with E-state index in [-0.39, 0.29) is 27.8 Å². The smallest absolute Gasteiger partial charge is 0.342 e. The van der Waals surface area contributed by atoms with Crippen LogP contribution >= 0.6 is 11.6 Å². The molecule has 7 nitrogen and oxygen atoms in total. The van der Waals surface area contributed by atoms with Crippen LogP contribution in [0, 0.1) is 0 Å². The topological polar surface area (TPSA) is 101 Å². The molecule has 126 valence electrons. The van der Waals surface area contributed by atoms with Gasteiger partial charge in [0.2, 0.25) is 0 Å². The van der Waals surface area contributed by atoms with Gasteiger partial charge in [-0.2, -0.15) is 0 Å². The molecule has 1 atom stereocenters. The Morgan fingerprint density at radius 3 is 2.70 bits per heavy atom. The summed E-state index contributed by atoms with van der Waals surface area (Å²) in [6.07, 6.45) is 0.372. The summed E-state index contributed by atoms with van der Waals surface area (Å²) < 4.78 is 27.7. The lowest BCUT2D eigenvalue weighted by Crippen LogP contribution is -2.40. The molecule has 0 saturated carbocycles. The highest BCUT2D eigenvalue weighted by atomic mass is 35.5. The van der Waals surface area contributed by atoms with Crippen molar-refractivity contribution in [1.29, 1.82) is 0 Å². The molecule has 0 bridgehead atoms. The predicted octanol–water partition coefficient (Wildman–Crippen LogP) is 0.848. The second kappa shape index (κ2) is 6.76. The monoisotopic (exact) mass is 361 g/mol. The number of rotatable bonds is 4. The van der Waals surface area contributed by atoms with Gasteiger partial charge in [-0.1, -0.05) is 11.6 Å². The molecule has 9 heteroatoms. The van der Waals surface area contributed by atoms with Crippen molar-refractivity contribution in [3.05, 3.63) is 28.8 Å². The molecule has 1 unspecified atom stereocenters.